The molecule has 0 bridgehead atoms. The molecule has 0 unspecified atom stereocenters. The van der Waals surface area contributed by atoms with Gasteiger partial charge in [-0.25, -0.2) is 0 Å². The molecule has 0 aromatic heterocycles. The molecule has 10 atom stereocenters. The summed E-state index contributed by atoms with van der Waals surface area (Å²) in [7, 11) is 0. The highest BCUT2D eigenvalue weighted by atomic mass is 16.5. The van der Waals surface area contributed by atoms with Crippen LogP contribution < -0.4 is 0 Å². The SMILES string of the molecule is CC1=C(CC[C@@H](C)CO)O[C@H]2C[C@H]3[C@@H]4CC[C@H]5C[C@H](O)CC[C@]5(C)[C@H]4CC[C@]3(C)[C@@H]12. The van der Waals surface area contributed by atoms with E-state index < -0.39 is 0 Å². The van der Waals surface area contributed by atoms with Crippen molar-refractivity contribution >= 4 is 0 Å². The number of rotatable bonds is 4. The fourth-order valence-electron chi connectivity index (χ4n) is 9.29. The predicted molar refractivity (Wildman–Crippen MR) is 120 cm³/mol. The highest BCUT2D eigenvalue weighted by Gasteiger charge is 2.64. The minimum atomic E-state index is -0.0486. The third kappa shape index (κ3) is 3.04. The number of allylic oxidation sites excluding steroid dienone is 1. The predicted octanol–water partition coefficient (Wildman–Crippen LogP) is 5.70. The Morgan fingerprint density at radius 1 is 1.03 bits per heavy atom. The van der Waals surface area contributed by atoms with Gasteiger partial charge in [0.25, 0.3) is 0 Å². The maximum Gasteiger partial charge on any atom is 0.106 e. The van der Waals surface area contributed by atoms with Crippen molar-refractivity contribution < 1.29 is 14.9 Å². The van der Waals surface area contributed by atoms with Crippen molar-refractivity contribution in [3.63, 3.8) is 0 Å². The lowest BCUT2D eigenvalue weighted by atomic mass is 9.44. The highest BCUT2D eigenvalue weighted by Crippen LogP contribution is 2.69. The summed E-state index contributed by atoms with van der Waals surface area (Å²) in [5.74, 6) is 5.49. The first-order valence-electron chi connectivity index (χ1n) is 12.9. The standard InChI is InChI=1S/C27H44O3/c1-16(15-28)5-8-23-17(2)25-24(30-23)14-22-20-7-6-18-13-19(29)9-11-26(18,3)21(20)10-12-27(22,25)4/h16,18-22,24-25,28-29H,5-15H2,1-4H3/t16-,18+,19-,20-,21+,22+,24+,25+,26+,27+/m1/s1. The number of ether oxygens (including phenoxy) is 1. The van der Waals surface area contributed by atoms with Gasteiger partial charge in [-0.1, -0.05) is 20.8 Å². The van der Waals surface area contributed by atoms with Crippen molar-refractivity contribution in [1.29, 1.82) is 0 Å². The molecular formula is C27H44O3. The lowest BCUT2D eigenvalue weighted by Crippen LogP contribution is -2.54. The minimum Gasteiger partial charge on any atom is -0.494 e. The van der Waals surface area contributed by atoms with E-state index in [1.165, 1.54) is 49.9 Å². The molecule has 1 heterocycles. The minimum absolute atomic E-state index is 0.0486. The highest BCUT2D eigenvalue weighted by molar-refractivity contribution is 5.26. The Morgan fingerprint density at radius 2 is 1.80 bits per heavy atom. The summed E-state index contributed by atoms with van der Waals surface area (Å²) < 4.78 is 6.64. The second kappa shape index (κ2) is 7.51. The Bertz CT molecular complexity index is 700. The molecule has 4 saturated carbocycles. The molecule has 0 amide bonds. The summed E-state index contributed by atoms with van der Waals surface area (Å²) in [5.41, 5.74) is 2.39. The lowest BCUT2D eigenvalue weighted by Gasteiger charge is -2.60. The zero-order valence-electron chi connectivity index (χ0n) is 19.7. The Balaban J connectivity index is 1.36. The van der Waals surface area contributed by atoms with E-state index in [0.29, 0.717) is 28.8 Å². The number of fused-ring (bicyclic) bond motifs is 7. The van der Waals surface area contributed by atoms with Crippen LogP contribution in [0.15, 0.2) is 11.3 Å². The Hall–Kier alpha value is -0.540. The Labute approximate surface area is 183 Å². The second-order valence-electron chi connectivity index (χ2n) is 12.4. The van der Waals surface area contributed by atoms with E-state index in [1.54, 1.807) is 0 Å². The average molecular weight is 417 g/mol. The van der Waals surface area contributed by atoms with Gasteiger partial charge in [0.05, 0.1) is 11.9 Å². The summed E-state index contributed by atoms with van der Waals surface area (Å²) in [6.45, 7) is 9.94. The molecule has 4 aliphatic carbocycles. The first kappa shape index (κ1) is 21.3. The smallest absolute Gasteiger partial charge is 0.106 e. The van der Waals surface area contributed by atoms with Gasteiger partial charge in [-0.15, -0.1) is 0 Å². The van der Waals surface area contributed by atoms with E-state index in [9.17, 15) is 10.2 Å². The van der Waals surface area contributed by atoms with Crippen molar-refractivity contribution in [3.05, 3.63) is 11.3 Å². The van der Waals surface area contributed by atoms with Crippen LogP contribution in [0.1, 0.15) is 91.9 Å². The van der Waals surface area contributed by atoms with Gasteiger partial charge in [-0.05, 0) is 111 Å². The Kier molecular flexibility index (Phi) is 5.33. The molecule has 0 aromatic carbocycles. The quantitative estimate of drug-likeness (QED) is 0.618. The largest absolute Gasteiger partial charge is 0.494 e. The molecule has 5 aliphatic rings. The number of aliphatic hydroxyl groups excluding tert-OH is 2. The van der Waals surface area contributed by atoms with Crippen LogP contribution in [0.5, 0.6) is 0 Å². The van der Waals surface area contributed by atoms with Crippen LogP contribution in [0.3, 0.4) is 0 Å². The van der Waals surface area contributed by atoms with Crippen molar-refractivity contribution in [3.8, 4) is 0 Å². The van der Waals surface area contributed by atoms with Crippen LogP contribution in [0.4, 0.5) is 0 Å². The van der Waals surface area contributed by atoms with E-state index in [-0.39, 0.29) is 12.7 Å². The number of hydrogen-bond donors (Lipinski definition) is 2. The van der Waals surface area contributed by atoms with Gasteiger partial charge in [-0.2, -0.15) is 0 Å². The van der Waals surface area contributed by atoms with E-state index in [1.807, 2.05) is 0 Å². The van der Waals surface area contributed by atoms with E-state index in [0.717, 1.165) is 49.4 Å². The molecule has 3 heteroatoms. The average Bonchev–Trinajstić information content (AvgIpc) is 3.20. The van der Waals surface area contributed by atoms with Crippen molar-refractivity contribution in [2.75, 3.05) is 6.61 Å². The van der Waals surface area contributed by atoms with Crippen LogP contribution in [-0.4, -0.2) is 29.0 Å². The third-order valence-electron chi connectivity index (χ3n) is 11.0. The van der Waals surface area contributed by atoms with Gasteiger partial charge in [0.1, 0.15) is 6.10 Å². The van der Waals surface area contributed by atoms with Gasteiger partial charge >= 0.3 is 0 Å². The molecule has 0 radical (unpaired) electrons. The molecule has 30 heavy (non-hydrogen) atoms. The molecule has 0 aromatic rings. The van der Waals surface area contributed by atoms with Crippen LogP contribution in [0.2, 0.25) is 0 Å². The first-order valence-corrected chi connectivity index (χ1v) is 12.9. The Morgan fingerprint density at radius 3 is 2.57 bits per heavy atom. The van der Waals surface area contributed by atoms with Crippen molar-refractivity contribution in [2.45, 2.75) is 104 Å². The molecule has 170 valence electrons. The van der Waals surface area contributed by atoms with Crippen LogP contribution in [-0.2, 0) is 4.74 Å². The van der Waals surface area contributed by atoms with Crippen molar-refractivity contribution in [2.24, 2.45) is 46.3 Å². The second-order valence-corrected chi connectivity index (χ2v) is 12.4. The van der Waals surface area contributed by atoms with Gasteiger partial charge in [0.2, 0.25) is 0 Å². The zero-order chi connectivity index (χ0) is 21.3. The third-order valence-corrected chi connectivity index (χ3v) is 11.0. The van der Waals surface area contributed by atoms with Crippen LogP contribution >= 0.6 is 0 Å². The molecule has 2 N–H and O–H groups in total. The first-order chi connectivity index (χ1) is 14.3. The zero-order valence-corrected chi connectivity index (χ0v) is 19.7. The van der Waals surface area contributed by atoms with Gasteiger partial charge < -0.3 is 14.9 Å². The van der Waals surface area contributed by atoms with Gasteiger partial charge in [0, 0.05) is 18.9 Å². The topological polar surface area (TPSA) is 49.7 Å². The molecule has 1 aliphatic heterocycles. The van der Waals surface area contributed by atoms with Crippen LogP contribution in [0.25, 0.3) is 0 Å². The summed E-state index contributed by atoms with van der Waals surface area (Å²) in [5, 5.41) is 19.7. The normalized spacial score (nSPS) is 50.9. The van der Waals surface area contributed by atoms with Crippen LogP contribution in [0, 0.1) is 46.3 Å². The van der Waals surface area contributed by atoms with E-state index in [2.05, 4.69) is 27.7 Å². The van der Waals surface area contributed by atoms with E-state index in [4.69, 9.17) is 4.74 Å². The lowest BCUT2D eigenvalue weighted by molar-refractivity contribution is -0.124. The summed E-state index contributed by atoms with van der Waals surface area (Å²) in [4.78, 5) is 0. The molecule has 0 saturated heterocycles. The summed E-state index contributed by atoms with van der Waals surface area (Å²) in [6, 6.07) is 0. The molecule has 0 spiro atoms. The number of hydrogen-bond acceptors (Lipinski definition) is 3. The fourth-order valence-corrected chi connectivity index (χ4v) is 9.29. The molecular weight excluding hydrogens is 372 g/mol. The van der Waals surface area contributed by atoms with E-state index >= 15 is 0 Å². The van der Waals surface area contributed by atoms with Crippen molar-refractivity contribution in [1.82, 2.24) is 0 Å². The molecule has 4 fully saturated rings. The van der Waals surface area contributed by atoms with Gasteiger partial charge in [-0.3, -0.25) is 0 Å². The maximum atomic E-state index is 10.3. The maximum absolute atomic E-state index is 10.3. The summed E-state index contributed by atoms with van der Waals surface area (Å²) >= 11 is 0. The number of aliphatic hydroxyl groups is 2. The summed E-state index contributed by atoms with van der Waals surface area (Å²) in [6.07, 6.45) is 12.4. The molecule has 3 nitrogen and oxygen atoms in total. The van der Waals surface area contributed by atoms with Gasteiger partial charge in [0.15, 0.2) is 0 Å². The fraction of sp³-hybridized carbons (Fsp3) is 0.926. The molecule has 5 rings (SSSR count). The monoisotopic (exact) mass is 416 g/mol.